The molecule has 1 aliphatic rings. The second kappa shape index (κ2) is 7.93. The average Bonchev–Trinajstić information content (AvgIpc) is 2.96. The molecule has 1 saturated carbocycles. The summed E-state index contributed by atoms with van der Waals surface area (Å²) in [5.74, 6) is 0. The minimum Gasteiger partial charge on any atom is -0.312 e. The van der Waals surface area contributed by atoms with Gasteiger partial charge in [-0.3, -0.25) is 0 Å². The number of likely N-dealkylation sites (N-methyl/N-ethyl adjacent to an activating group) is 1. The van der Waals surface area contributed by atoms with Crippen LogP contribution >= 0.6 is 22.6 Å². The van der Waals surface area contributed by atoms with E-state index in [1.807, 2.05) is 0 Å². The molecule has 1 unspecified atom stereocenters. The van der Waals surface area contributed by atoms with E-state index < -0.39 is 0 Å². The van der Waals surface area contributed by atoms with Gasteiger partial charge in [0.1, 0.15) is 0 Å². The van der Waals surface area contributed by atoms with Crippen LogP contribution in [0.2, 0.25) is 0 Å². The number of halogens is 1. The highest BCUT2D eigenvalue weighted by Gasteiger charge is 2.42. The van der Waals surface area contributed by atoms with Crippen LogP contribution in [0.25, 0.3) is 0 Å². The van der Waals surface area contributed by atoms with E-state index in [1.54, 1.807) is 0 Å². The topological polar surface area (TPSA) is 15.3 Å². The van der Waals surface area contributed by atoms with Crippen molar-refractivity contribution < 1.29 is 0 Å². The Morgan fingerprint density at radius 1 is 1.19 bits per heavy atom. The van der Waals surface area contributed by atoms with Crippen molar-refractivity contribution in [1.82, 2.24) is 10.2 Å². The summed E-state index contributed by atoms with van der Waals surface area (Å²) in [6.07, 6.45) is 7.73. The molecule has 0 heterocycles. The van der Waals surface area contributed by atoms with Crippen LogP contribution in [0.5, 0.6) is 0 Å². The van der Waals surface area contributed by atoms with Gasteiger partial charge in [0, 0.05) is 15.2 Å². The lowest BCUT2D eigenvalue weighted by molar-refractivity contribution is 0.104. The van der Waals surface area contributed by atoms with Gasteiger partial charge in [0.05, 0.1) is 0 Å². The molecule has 1 N–H and O–H groups in total. The maximum absolute atomic E-state index is 3.85. The minimum atomic E-state index is 0.332. The Kier molecular flexibility index (Phi) is 6.51. The number of nitrogens with zero attached hydrogens (tertiary/aromatic N) is 1. The highest BCUT2D eigenvalue weighted by molar-refractivity contribution is 14.1. The molecule has 0 aliphatic heterocycles. The van der Waals surface area contributed by atoms with Gasteiger partial charge < -0.3 is 10.2 Å². The number of hydrogen-bond donors (Lipinski definition) is 1. The fourth-order valence-electron chi connectivity index (χ4n) is 3.72. The SMILES string of the molecule is CCCNC(Cc1ccc(I)cc1)C1(N(C)C)CCCC1. The zero-order chi connectivity index (χ0) is 15.3. The first-order valence-electron chi connectivity index (χ1n) is 8.24. The van der Waals surface area contributed by atoms with Gasteiger partial charge in [-0.05, 0) is 86.6 Å². The molecule has 2 nitrogen and oxygen atoms in total. The summed E-state index contributed by atoms with van der Waals surface area (Å²) in [5.41, 5.74) is 1.79. The molecule has 0 saturated heterocycles. The lowest BCUT2D eigenvalue weighted by Crippen LogP contribution is -2.58. The molecule has 118 valence electrons. The number of rotatable bonds is 7. The molecule has 2 rings (SSSR count). The van der Waals surface area contributed by atoms with Gasteiger partial charge in [0.2, 0.25) is 0 Å². The van der Waals surface area contributed by atoms with Crippen LogP contribution in [0.4, 0.5) is 0 Å². The Morgan fingerprint density at radius 2 is 1.81 bits per heavy atom. The van der Waals surface area contributed by atoms with Gasteiger partial charge in [0.15, 0.2) is 0 Å². The third-order valence-electron chi connectivity index (χ3n) is 5.00. The van der Waals surface area contributed by atoms with Gasteiger partial charge in [0.25, 0.3) is 0 Å². The molecule has 0 radical (unpaired) electrons. The molecule has 1 aliphatic carbocycles. The van der Waals surface area contributed by atoms with Crippen molar-refractivity contribution in [2.24, 2.45) is 0 Å². The average molecular weight is 400 g/mol. The number of hydrogen-bond acceptors (Lipinski definition) is 2. The van der Waals surface area contributed by atoms with Crippen LogP contribution in [0.15, 0.2) is 24.3 Å². The van der Waals surface area contributed by atoms with E-state index in [1.165, 1.54) is 41.2 Å². The third-order valence-corrected chi connectivity index (χ3v) is 5.72. The molecule has 1 aromatic carbocycles. The first-order chi connectivity index (χ1) is 10.1. The van der Waals surface area contributed by atoms with Gasteiger partial charge in [-0.2, -0.15) is 0 Å². The highest BCUT2D eigenvalue weighted by Crippen LogP contribution is 2.37. The summed E-state index contributed by atoms with van der Waals surface area (Å²) < 4.78 is 1.32. The Morgan fingerprint density at radius 3 is 2.33 bits per heavy atom. The van der Waals surface area contributed by atoms with Crippen molar-refractivity contribution >= 4 is 22.6 Å². The lowest BCUT2D eigenvalue weighted by atomic mass is 9.83. The monoisotopic (exact) mass is 400 g/mol. The summed E-state index contributed by atoms with van der Waals surface area (Å²) in [7, 11) is 4.53. The minimum absolute atomic E-state index is 0.332. The smallest absolute Gasteiger partial charge is 0.0359 e. The maximum atomic E-state index is 3.85. The van der Waals surface area contributed by atoms with E-state index in [9.17, 15) is 0 Å². The van der Waals surface area contributed by atoms with Crippen LogP contribution in [-0.2, 0) is 6.42 Å². The van der Waals surface area contributed by atoms with E-state index in [0.717, 1.165) is 13.0 Å². The molecular formula is C18H29IN2. The molecule has 0 amide bonds. The van der Waals surface area contributed by atoms with Gasteiger partial charge in [-0.15, -0.1) is 0 Å². The van der Waals surface area contributed by atoms with Crippen molar-refractivity contribution in [3.05, 3.63) is 33.4 Å². The Bertz CT molecular complexity index is 421. The summed E-state index contributed by atoms with van der Waals surface area (Å²) in [6.45, 7) is 3.37. The van der Waals surface area contributed by atoms with Crippen LogP contribution in [0, 0.1) is 3.57 Å². The summed E-state index contributed by atoms with van der Waals surface area (Å²) in [4.78, 5) is 2.49. The first-order valence-corrected chi connectivity index (χ1v) is 9.31. The number of nitrogens with one attached hydrogen (secondary N) is 1. The quantitative estimate of drug-likeness (QED) is 0.694. The van der Waals surface area contributed by atoms with Gasteiger partial charge in [-0.25, -0.2) is 0 Å². The summed E-state index contributed by atoms with van der Waals surface area (Å²) >= 11 is 2.38. The van der Waals surface area contributed by atoms with Crippen LogP contribution in [-0.4, -0.2) is 37.1 Å². The standard InChI is InChI=1S/C18H29IN2/c1-4-13-20-17(14-15-7-9-16(19)10-8-15)18(21(2)3)11-5-6-12-18/h7-10,17,20H,4-6,11-14H2,1-3H3. The first kappa shape index (κ1) is 17.2. The van der Waals surface area contributed by atoms with Crippen LogP contribution in [0.1, 0.15) is 44.6 Å². The summed E-state index contributed by atoms with van der Waals surface area (Å²) in [6, 6.07) is 9.59. The summed E-state index contributed by atoms with van der Waals surface area (Å²) in [5, 5.41) is 3.85. The molecule has 1 aromatic rings. The van der Waals surface area contributed by atoms with Crippen LogP contribution in [0.3, 0.4) is 0 Å². The van der Waals surface area contributed by atoms with Gasteiger partial charge >= 0.3 is 0 Å². The molecule has 1 fully saturated rings. The largest absolute Gasteiger partial charge is 0.312 e. The Hall–Kier alpha value is -0.130. The molecule has 0 bridgehead atoms. The van der Waals surface area contributed by atoms with E-state index in [0.29, 0.717) is 11.6 Å². The van der Waals surface area contributed by atoms with Crippen molar-refractivity contribution in [2.45, 2.75) is 57.0 Å². The van der Waals surface area contributed by atoms with Crippen molar-refractivity contribution in [3.8, 4) is 0 Å². The third kappa shape index (κ3) is 4.20. The second-order valence-corrected chi connectivity index (χ2v) is 7.79. The van der Waals surface area contributed by atoms with E-state index >= 15 is 0 Å². The molecule has 3 heteroatoms. The second-order valence-electron chi connectivity index (χ2n) is 6.54. The highest BCUT2D eigenvalue weighted by atomic mass is 127. The number of benzene rings is 1. The van der Waals surface area contributed by atoms with Crippen molar-refractivity contribution in [2.75, 3.05) is 20.6 Å². The Labute approximate surface area is 143 Å². The predicted octanol–water partition coefficient (Wildman–Crippen LogP) is 4.08. The van der Waals surface area contributed by atoms with Crippen LogP contribution < -0.4 is 5.32 Å². The van der Waals surface area contributed by atoms with E-state index in [2.05, 4.69) is 78.1 Å². The molecule has 21 heavy (non-hydrogen) atoms. The lowest BCUT2D eigenvalue weighted by Gasteiger charge is -2.44. The fraction of sp³-hybridized carbons (Fsp3) is 0.667. The Balaban J connectivity index is 2.18. The van der Waals surface area contributed by atoms with Crippen molar-refractivity contribution in [1.29, 1.82) is 0 Å². The molecule has 0 aromatic heterocycles. The molecular weight excluding hydrogens is 371 g/mol. The predicted molar refractivity (Wildman–Crippen MR) is 99.8 cm³/mol. The van der Waals surface area contributed by atoms with Crippen molar-refractivity contribution in [3.63, 3.8) is 0 Å². The van der Waals surface area contributed by atoms with E-state index in [4.69, 9.17) is 0 Å². The molecule has 1 atom stereocenters. The zero-order valence-electron chi connectivity index (χ0n) is 13.7. The normalized spacial score (nSPS) is 19.1. The molecule has 0 spiro atoms. The maximum Gasteiger partial charge on any atom is 0.0359 e. The van der Waals surface area contributed by atoms with Gasteiger partial charge in [-0.1, -0.05) is 31.9 Å². The zero-order valence-corrected chi connectivity index (χ0v) is 15.8. The fourth-order valence-corrected chi connectivity index (χ4v) is 4.08. The van der Waals surface area contributed by atoms with E-state index in [-0.39, 0.29) is 0 Å².